The van der Waals surface area contributed by atoms with Gasteiger partial charge in [0.05, 0.1) is 31.2 Å². The largest absolute Gasteiger partial charge is 0.504 e. The van der Waals surface area contributed by atoms with Crippen LogP contribution in [0.3, 0.4) is 0 Å². The summed E-state index contributed by atoms with van der Waals surface area (Å²) in [7, 11) is 1.49. The van der Waals surface area contributed by atoms with Gasteiger partial charge in [-0.1, -0.05) is 73.2 Å². The maximum absolute atomic E-state index is 14.5. The number of fused-ring (bicyclic) bond motifs is 3. The average molecular weight is 870 g/mol. The third kappa shape index (κ3) is 8.98. The Hall–Kier alpha value is -4.66. The second kappa shape index (κ2) is 18.7. The first-order valence-corrected chi connectivity index (χ1v) is 24.1. The highest BCUT2D eigenvalue weighted by Gasteiger charge is 2.51. The van der Waals surface area contributed by atoms with Gasteiger partial charge in [0.2, 0.25) is 0 Å². The molecule has 1 spiro atoms. The zero-order chi connectivity index (χ0) is 44.6. The number of Topliss-reactive ketones (excluding diaryl/α,β-unsaturated/α-hetero) is 2. The van der Waals surface area contributed by atoms with Crippen molar-refractivity contribution in [2.75, 3.05) is 20.2 Å². The molecule has 2 aliphatic heterocycles. The number of phenolic OH excluding ortho intramolecular Hbond substituents is 1. The van der Waals surface area contributed by atoms with E-state index < -0.39 is 29.6 Å². The summed E-state index contributed by atoms with van der Waals surface area (Å²) in [6.45, 7) is 1.50. The van der Waals surface area contributed by atoms with E-state index in [0.29, 0.717) is 73.7 Å². The van der Waals surface area contributed by atoms with Gasteiger partial charge >= 0.3 is 0 Å². The maximum atomic E-state index is 14.5. The van der Waals surface area contributed by atoms with E-state index in [1.807, 2.05) is 18.2 Å². The van der Waals surface area contributed by atoms with Crippen LogP contribution in [0.25, 0.3) is 10.8 Å². The lowest BCUT2D eigenvalue weighted by molar-refractivity contribution is -0.135. The van der Waals surface area contributed by atoms with Gasteiger partial charge in [0.25, 0.3) is 0 Å². The summed E-state index contributed by atoms with van der Waals surface area (Å²) in [4.78, 5) is 26.8. The standard InChI is InChI=1S/C54H67N3O7/c1-64-49-26-37-11-13-50(62)54(19-14-33(22-51(54)63)31-53(17-4-5-18-53)41-24-40-10-12-42(58)28-45(40)57-32-41)20-15-38(44(37)30-48(49)61)25-46(59)47(60)29-43(39-16-21-56-52(55)27-39)36-9-8-34-6-2-3-7-35(34)23-36/h2-3,6-9,16,23,26-27,30,33,38,40-41,43,45-47,51,56-57,59-61,63H,4-5,10-14,17-19,21-22,24-25,28-29,31-32,55H2,1H3/t33-,38+,40+,41+,43-,45+,46-,47+,51+,54-/m0/s1. The third-order valence-electron chi connectivity index (χ3n) is 16.6. The lowest BCUT2D eigenvalue weighted by atomic mass is 9.58. The molecule has 0 radical (unpaired) electrons. The molecule has 10 atom stereocenters. The lowest BCUT2D eigenvalue weighted by Crippen LogP contribution is -2.53. The van der Waals surface area contributed by atoms with Gasteiger partial charge in [0, 0.05) is 43.7 Å². The number of aliphatic hydroxyl groups excluding tert-OH is 3. The van der Waals surface area contributed by atoms with Crippen LogP contribution in [-0.4, -0.2) is 76.5 Å². The first-order valence-electron chi connectivity index (χ1n) is 24.1. The van der Waals surface area contributed by atoms with Crippen molar-refractivity contribution in [3.63, 3.8) is 0 Å². The van der Waals surface area contributed by atoms with E-state index in [4.69, 9.17) is 10.5 Å². The van der Waals surface area contributed by atoms with Gasteiger partial charge in [-0.3, -0.25) is 9.59 Å². The molecule has 4 fully saturated rings. The number of ether oxygens (including phenoxy) is 1. The molecule has 3 aromatic rings. The predicted octanol–water partition coefficient (Wildman–Crippen LogP) is 7.22. The Morgan fingerprint density at radius 2 is 1.77 bits per heavy atom. The second-order valence-electron chi connectivity index (χ2n) is 20.3. The number of carbonyl (C=O) groups excluding carboxylic acids is 2. The fraction of sp³-hybridized carbons (Fsp3) is 0.556. The molecule has 9 rings (SSSR count). The zero-order valence-corrected chi connectivity index (χ0v) is 37.4. The maximum Gasteiger partial charge on any atom is 0.160 e. The number of ketones is 2. The van der Waals surface area contributed by atoms with Gasteiger partial charge in [0.15, 0.2) is 17.3 Å². The van der Waals surface area contributed by atoms with Crippen LogP contribution in [0, 0.1) is 40.4 Å². The van der Waals surface area contributed by atoms with Gasteiger partial charge in [-0.05, 0) is 152 Å². The average Bonchev–Trinajstić information content (AvgIpc) is 3.79. The Kier molecular flexibility index (Phi) is 13.0. The molecular formula is C54H67N3O7. The molecule has 0 aromatic heterocycles. The lowest BCUT2D eigenvalue weighted by Gasteiger charge is -2.49. The normalized spacial score (nSPS) is 30.5. The number of aromatic hydroxyl groups is 1. The van der Waals surface area contributed by atoms with E-state index in [0.717, 1.165) is 53.3 Å². The number of carbonyl (C=O) groups is 2. The van der Waals surface area contributed by atoms with E-state index in [1.165, 1.54) is 39.2 Å². The van der Waals surface area contributed by atoms with Crippen LogP contribution < -0.4 is 21.1 Å². The number of hydrogen-bond acceptors (Lipinski definition) is 10. The molecule has 8 N–H and O–H groups in total. The van der Waals surface area contributed by atoms with E-state index in [2.05, 4.69) is 58.9 Å². The first-order chi connectivity index (χ1) is 30.9. The topological polar surface area (TPSA) is 174 Å². The molecule has 3 aromatic carbocycles. The van der Waals surface area contributed by atoms with Crippen LogP contribution in [0.5, 0.6) is 11.5 Å². The summed E-state index contributed by atoms with van der Waals surface area (Å²) >= 11 is 0. The van der Waals surface area contributed by atoms with Crippen molar-refractivity contribution < 1.29 is 34.8 Å². The van der Waals surface area contributed by atoms with E-state index >= 15 is 0 Å². The summed E-state index contributed by atoms with van der Waals surface area (Å²) in [5, 5.41) is 56.4. The van der Waals surface area contributed by atoms with Crippen molar-refractivity contribution in [1.29, 1.82) is 0 Å². The second-order valence-corrected chi connectivity index (χ2v) is 20.3. The fourth-order valence-electron chi connectivity index (χ4n) is 13.0. The molecule has 2 heterocycles. The summed E-state index contributed by atoms with van der Waals surface area (Å²) in [5.74, 6) is 8.33. The van der Waals surface area contributed by atoms with E-state index in [9.17, 15) is 30.0 Å². The third-order valence-corrected chi connectivity index (χ3v) is 16.6. The number of methoxy groups -OCH3 is 1. The highest BCUT2D eigenvalue weighted by atomic mass is 16.5. The number of dihydropyridines is 1. The molecule has 10 heteroatoms. The minimum Gasteiger partial charge on any atom is -0.504 e. The fourth-order valence-corrected chi connectivity index (χ4v) is 13.0. The molecule has 6 aliphatic rings. The number of allylic oxidation sites excluding steroid dienone is 2. The van der Waals surface area contributed by atoms with Crippen molar-refractivity contribution in [1.82, 2.24) is 10.6 Å². The van der Waals surface area contributed by atoms with Crippen LogP contribution in [-0.2, 0) is 16.0 Å². The Balaban J connectivity index is 0.965. The molecule has 0 bridgehead atoms. The number of aliphatic hydroxyl groups is 3. The minimum absolute atomic E-state index is 0.0485. The van der Waals surface area contributed by atoms with Crippen molar-refractivity contribution in [2.24, 2.45) is 34.3 Å². The van der Waals surface area contributed by atoms with Gasteiger partial charge in [-0.2, -0.15) is 0 Å². The molecule has 0 amide bonds. The van der Waals surface area contributed by atoms with E-state index in [1.54, 1.807) is 12.1 Å². The number of aryl methyl sites for hydroxylation is 1. The van der Waals surface area contributed by atoms with Gasteiger partial charge in [0.1, 0.15) is 11.2 Å². The quantitative estimate of drug-likeness (QED) is 0.0976. The molecular weight excluding hydrogens is 803 g/mol. The minimum atomic E-state index is -1.25. The number of hydrogen-bond donors (Lipinski definition) is 7. The summed E-state index contributed by atoms with van der Waals surface area (Å²) in [5.41, 5.74) is 8.62. The monoisotopic (exact) mass is 869 g/mol. The van der Waals surface area contributed by atoms with Crippen molar-refractivity contribution >= 4 is 22.3 Å². The van der Waals surface area contributed by atoms with Crippen LogP contribution in [0.15, 0.2) is 78.1 Å². The number of rotatable bonds is 11. The molecule has 4 aliphatic carbocycles. The molecule has 1 saturated heterocycles. The van der Waals surface area contributed by atoms with Gasteiger partial charge in [-0.15, -0.1) is 0 Å². The summed E-state index contributed by atoms with van der Waals surface area (Å²) < 4.78 is 5.51. The molecule has 3 saturated carbocycles. The highest BCUT2D eigenvalue weighted by molar-refractivity contribution is 5.89. The Morgan fingerprint density at radius 3 is 2.55 bits per heavy atom. The Labute approximate surface area is 378 Å². The number of nitrogens with one attached hydrogen (secondary N) is 2. The molecule has 340 valence electrons. The number of nitrogens with two attached hydrogens (primary N) is 1. The first kappa shape index (κ1) is 44.5. The number of benzene rings is 3. The highest BCUT2D eigenvalue weighted by Crippen LogP contribution is 2.55. The van der Waals surface area contributed by atoms with Crippen LogP contribution in [0.4, 0.5) is 0 Å². The van der Waals surface area contributed by atoms with Crippen LogP contribution in [0.2, 0.25) is 0 Å². The zero-order valence-electron chi connectivity index (χ0n) is 37.4. The van der Waals surface area contributed by atoms with Crippen molar-refractivity contribution in [3.8, 4) is 23.3 Å². The SMILES string of the molecule is COc1cc2c(cc1O)[C@@H](C[C@H](O)[C@H](O)C[C@H](C1=CCNC(N)=C1)c1ccc3ccccc3c1)C#C[C@@]1(CC[C@H](CC3([C@H]4CN[C@@H]5CC(=O)CC[C@@H]5C4)CCCC3)C[C@H]1O)C(=O)CC2. The Morgan fingerprint density at radius 1 is 0.953 bits per heavy atom. The van der Waals surface area contributed by atoms with Crippen molar-refractivity contribution in [2.45, 2.75) is 139 Å². The van der Waals surface area contributed by atoms with Gasteiger partial charge in [-0.25, -0.2) is 0 Å². The Bertz CT molecular complexity index is 2360. The summed E-state index contributed by atoms with van der Waals surface area (Å²) in [6, 6.07) is 18.1. The number of phenols is 1. The molecule has 10 nitrogen and oxygen atoms in total. The molecule has 0 unspecified atom stereocenters. The van der Waals surface area contributed by atoms with Crippen LogP contribution in [0.1, 0.15) is 125 Å². The van der Waals surface area contributed by atoms with E-state index in [-0.39, 0.29) is 53.8 Å². The molecule has 64 heavy (non-hydrogen) atoms. The van der Waals surface area contributed by atoms with Gasteiger partial charge < -0.3 is 41.5 Å². The van der Waals surface area contributed by atoms with Crippen molar-refractivity contribution in [3.05, 3.63) is 94.8 Å². The summed E-state index contributed by atoms with van der Waals surface area (Å²) in [6.07, 6.45) is 12.6. The predicted molar refractivity (Wildman–Crippen MR) is 248 cm³/mol. The smallest absolute Gasteiger partial charge is 0.160 e. The van der Waals surface area contributed by atoms with Crippen LogP contribution >= 0.6 is 0 Å². The number of piperidine rings is 1.